The van der Waals surface area contributed by atoms with Gasteiger partial charge in [0.05, 0.1) is 0 Å². The summed E-state index contributed by atoms with van der Waals surface area (Å²) in [5.74, 6) is -1.24. The molecule has 19 heavy (non-hydrogen) atoms. The van der Waals surface area contributed by atoms with Crippen molar-refractivity contribution in [3.05, 3.63) is 0 Å². The second-order valence-corrected chi connectivity index (χ2v) is 8.35. The first-order valence-corrected chi connectivity index (χ1v) is 12.2. The summed E-state index contributed by atoms with van der Waals surface area (Å²) >= 11 is 0.263. The monoisotopic (exact) mass is 436 g/mol. The van der Waals surface area contributed by atoms with E-state index in [1.807, 2.05) is 0 Å². The molecule has 110 valence electrons. The number of carbonyl (C=O) groups is 3. The van der Waals surface area contributed by atoms with Crippen molar-refractivity contribution >= 4 is 74.7 Å². The summed E-state index contributed by atoms with van der Waals surface area (Å²) in [6.07, 6.45) is 5.22. The second kappa shape index (κ2) is 12.1. The number of hydrogen-bond donors (Lipinski definition) is 0. The minimum absolute atomic E-state index is 0.126. The Balaban J connectivity index is 4.40. The van der Waals surface area contributed by atoms with Gasteiger partial charge < -0.3 is 0 Å². The third-order valence-electron chi connectivity index (χ3n) is 1.32. The molecule has 0 aliphatic carbocycles. The standard InChI is InChI=1S/3C3H6O2S.Sb/c3*1-6-2-3(4)5;/h3*2H2,1H3,(H,4,5);/q;;;+3/p-3. The molecule has 0 amide bonds. The molecule has 0 atom stereocenters. The predicted molar refractivity (Wildman–Crippen MR) is 79.2 cm³/mol. The molecule has 0 radical (unpaired) electrons. The molecule has 0 aromatic carbocycles. The third kappa shape index (κ3) is 10.7. The molecule has 0 aliphatic rings. The fraction of sp³-hybridized carbons (Fsp3) is 0.667. The quantitative estimate of drug-likeness (QED) is 0.485. The van der Waals surface area contributed by atoms with Gasteiger partial charge in [-0.05, 0) is 0 Å². The van der Waals surface area contributed by atoms with Crippen LogP contribution in [-0.2, 0) is 23.4 Å². The molecule has 6 nitrogen and oxygen atoms in total. The molecule has 10 heteroatoms. The van der Waals surface area contributed by atoms with Crippen LogP contribution in [0.25, 0.3) is 0 Å². The van der Waals surface area contributed by atoms with Crippen LogP contribution in [0.2, 0.25) is 0 Å². The Bertz CT molecular complexity index is 267. The molecule has 0 aliphatic heterocycles. The summed E-state index contributed by atoms with van der Waals surface area (Å²) in [6.45, 7) is 0. The van der Waals surface area contributed by atoms with E-state index in [1.54, 1.807) is 18.8 Å². The van der Waals surface area contributed by atoms with Crippen molar-refractivity contribution < 1.29 is 23.4 Å². The third-order valence-corrected chi connectivity index (χ3v) is 5.91. The number of carbonyl (C=O) groups excluding carboxylic acids is 3. The second-order valence-electron chi connectivity index (χ2n) is 2.91. The van der Waals surface area contributed by atoms with Crippen LogP contribution in [0.4, 0.5) is 0 Å². The molecule has 0 saturated carbocycles. The number of rotatable bonds is 9. The van der Waals surface area contributed by atoms with Gasteiger partial charge in [-0.3, -0.25) is 0 Å². The molecule has 0 heterocycles. The van der Waals surface area contributed by atoms with Crippen LogP contribution in [0.5, 0.6) is 0 Å². The van der Waals surface area contributed by atoms with Gasteiger partial charge in [0, 0.05) is 0 Å². The van der Waals surface area contributed by atoms with Crippen LogP contribution < -0.4 is 0 Å². The Labute approximate surface area is 133 Å². The van der Waals surface area contributed by atoms with Gasteiger partial charge in [0.15, 0.2) is 0 Å². The predicted octanol–water partition coefficient (Wildman–Crippen LogP) is 0.690. The number of hydrogen-bond acceptors (Lipinski definition) is 9. The van der Waals surface area contributed by atoms with E-state index >= 15 is 0 Å². The Hall–Kier alpha value is 0.278. The van der Waals surface area contributed by atoms with Gasteiger partial charge in [-0.15, -0.1) is 0 Å². The summed E-state index contributed by atoms with van der Waals surface area (Å²) in [5.41, 5.74) is 0. The Kier molecular flexibility index (Phi) is 12.2. The van der Waals surface area contributed by atoms with E-state index < -0.39 is 39.4 Å². The molecular formula is C9H15O6S3Sb. The van der Waals surface area contributed by atoms with Gasteiger partial charge in [-0.25, -0.2) is 0 Å². The zero-order valence-electron chi connectivity index (χ0n) is 10.7. The number of thioether (sulfide) groups is 3. The van der Waals surface area contributed by atoms with Gasteiger partial charge in [0.1, 0.15) is 0 Å². The van der Waals surface area contributed by atoms with Crippen LogP contribution in [0, 0.1) is 0 Å². The van der Waals surface area contributed by atoms with Crippen molar-refractivity contribution in [3.63, 3.8) is 0 Å². The van der Waals surface area contributed by atoms with E-state index in [-0.39, 0.29) is 17.3 Å². The van der Waals surface area contributed by atoms with Crippen LogP contribution >= 0.6 is 35.3 Å². The molecule has 0 fully saturated rings. The molecule has 0 saturated heterocycles. The normalized spacial score (nSPS) is 10.1. The maximum absolute atomic E-state index is 11.3. The summed E-state index contributed by atoms with van der Waals surface area (Å²) in [4.78, 5) is 34.0. The van der Waals surface area contributed by atoms with Crippen LogP contribution in [0.3, 0.4) is 0 Å². The van der Waals surface area contributed by atoms with Crippen molar-refractivity contribution in [2.24, 2.45) is 0 Å². The Morgan fingerprint density at radius 1 is 0.737 bits per heavy atom. The molecule has 0 aromatic heterocycles. The van der Waals surface area contributed by atoms with Gasteiger partial charge in [-0.2, -0.15) is 0 Å². The molecule has 0 bridgehead atoms. The topological polar surface area (TPSA) is 78.9 Å². The van der Waals surface area contributed by atoms with E-state index in [4.69, 9.17) is 9.05 Å². The molecule has 0 unspecified atom stereocenters. The SMILES string of the molecule is CSCC(=O)[O][Sb]([O]C(=O)CSC)[O]C(=O)CSC. The molecule has 0 aromatic rings. The zero-order chi connectivity index (χ0) is 14.7. The fourth-order valence-corrected chi connectivity index (χ4v) is 4.70. The van der Waals surface area contributed by atoms with Gasteiger partial charge >= 0.3 is 134 Å². The summed E-state index contributed by atoms with van der Waals surface area (Å²) in [6, 6.07) is 0. The van der Waals surface area contributed by atoms with Gasteiger partial charge in [0.25, 0.3) is 0 Å². The van der Waals surface area contributed by atoms with Crippen LogP contribution in [0.15, 0.2) is 0 Å². The zero-order valence-corrected chi connectivity index (χ0v) is 15.7. The first-order chi connectivity index (χ1) is 9.03. The first kappa shape index (κ1) is 19.3. The van der Waals surface area contributed by atoms with Crippen LogP contribution in [0.1, 0.15) is 0 Å². The molecule has 0 spiro atoms. The van der Waals surface area contributed by atoms with Crippen LogP contribution in [-0.4, -0.2) is 75.4 Å². The van der Waals surface area contributed by atoms with E-state index in [9.17, 15) is 14.4 Å². The average Bonchev–Trinajstić information content (AvgIpc) is 2.29. The fourth-order valence-electron chi connectivity index (χ4n) is 0.738. The summed E-state index contributed by atoms with van der Waals surface area (Å²) in [7, 11) is 0. The summed E-state index contributed by atoms with van der Waals surface area (Å²) in [5, 5.41) is 0. The Morgan fingerprint density at radius 2 is 1.00 bits per heavy atom. The van der Waals surface area contributed by atoms with E-state index in [1.165, 1.54) is 35.3 Å². The maximum atomic E-state index is 11.3. The van der Waals surface area contributed by atoms with E-state index in [0.29, 0.717) is 0 Å². The van der Waals surface area contributed by atoms with Crippen molar-refractivity contribution in [3.8, 4) is 0 Å². The minimum atomic E-state index is -3.56. The average molecular weight is 437 g/mol. The van der Waals surface area contributed by atoms with Crippen molar-refractivity contribution in [2.45, 2.75) is 0 Å². The van der Waals surface area contributed by atoms with Crippen molar-refractivity contribution in [1.82, 2.24) is 0 Å². The molecular weight excluding hydrogens is 422 g/mol. The Morgan fingerprint density at radius 3 is 1.21 bits per heavy atom. The van der Waals surface area contributed by atoms with Crippen molar-refractivity contribution in [1.29, 1.82) is 0 Å². The van der Waals surface area contributed by atoms with Gasteiger partial charge in [0.2, 0.25) is 0 Å². The van der Waals surface area contributed by atoms with Gasteiger partial charge in [-0.1, -0.05) is 0 Å². The van der Waals surface area contributed by atoms with E-state index in [2.05, 4.69) is 0 Å². The first-order valence-electron chi connectivity index (χ1n) is 4.92. The molecule has 0 N–H and O–H groups in total. The van der Waals surface area contributed by atoms with E-state index in [0.717, 1.165) is 0 Å². The summed E-state index contributed by atoms with van der Waals surface area (Å²) < 4.78 is 14.8. The molecule has 0 rings (SSSR count). The van der Waals surface area contributed by atoms with Crippen molar-refractivity contribution in [2.75, 3.05) is 36.0 Å².